The monoisotopic (exact) mass is 250 g/mol. The molecule has 1 fully saturated rings. The van der Waals surface area contributed by atoms with E-state index < -0.39 is 11.9 Å². The zero-order valence-electron chi connectivity index (χ0n) is 10.1. The summed E-state index contributed by atoms with van der Waals surface area (Å²) in [7, 11) is 0. The predicted molar refractivity (Wildman–Crippen MR) is 65.6 cm³/mol. The van der Waals surface area contributed by atoms with Gasteiger partial charge in [0.25, 0.3) is 0 Å². The lowest BCUT2D eigenvalue weighted by Gasteiger charge is -2.23. The number of benzene rings is 1. The van der Waals surface area contributed by atoms with E-state index in [0.717, 1.165) is 12.0 Å². The molecule has 0 saturated carbocycles. The van der Waals surface area contributed by atoms with Crippen molar-refractivity contribution in [1.29, 1.82) is 0 Å². The maximum Gasteiger partial charge on any atom is 0.249 e. The number of imide groups is 1. The molecular weight excluding hydrogens is 235 g/mol. The van der Waals surface area contributed by atoms with Crippen molar-refractivity contribution in [3.8, 4) is 0 Å². The van der Waals surface area contributed by atoms with Gasteiger partial charge in [-0.05, 0) is 30.5 Å². The first-order valence-electron chi connectivity index (χ1n) is 5.99. The van der Waals surface area contributed by atoms with E-state index in [1.165, 1.54) is 6.07 Å². The van der Waals surface area contributed by atoms with Gasteiger partial charge in [-0.2, -0.15) is 0 Å². The molecule has 2 rings (SSSR count). The van der Waals surface area contributed by atoms with Crippen molar-refractivity contribution >= 4 is 17.5 Å². The largest absolute Gasteiger partial charge is 0.371 e. The molecule has 1 aromatic carbocycles. The molecule has 2 N–H and O–H groups in total. The van der Waals surface area contributed by atoms with E-state index in [9.17, 15) is 14.0 Å². The Balaban J connectivity index is 2.09. The number of aryl methyl sites for hydroxylation is 1. The summed E-state index contributed by atoms with van der Waals surface area (Å²) in [5.41, 5.74) is 1.20. The van der Waals surface area contributed by atoms with Crippen molar-refractivity contribution in [1.82, 2.24) is 5.32 Å². The first-order valence-corrected chi connectivity index (χ1v) is 5.99. The molecule has 0 spiro atoms. The van der Waals surface area contributed by atoms with Crippen LogP contribution >= 0.6 is 0 Å². The Bertz CT molecular complexity index is 488. The van der Waals surface area contributed by atoms with Gasteiger partial charge < -0.3 is 5.32 Å². The van der Waals surface area contributed by atoms with Gasteiger partial charge in [0, 0.05) is 6.42 Å². The quantitative estimate of drug-likeness (QED) is 0.801. The van der Waals surface area contributed by atoms with Gasteiger partial charge in [0.05, 0.1) is 5.69 Å². The minimum atomic E-state index is -0.551. The Morgan fingerprint density at radius 1 is 1.44 bits per heavy atom. The standard InChI is InChI=1S/C13H15FN2O2/c1-2-8-3-4-10(9(14)7-8)15-11-5-6-12(17)16-13(11)18/h3-4,7,11,15H,2,5-6H2,1H3,(H,16,17,18)/t11-/m0/s1. The normalized spacial score (nSPS) is 19.6. The summed E-state index contributed by atoms with van der Waals surface area (Å²) < 4.78 is 13.7. The highest BCUT2D eigenvalue weighted by molar-refractivity contribution is 6.01. The van der Waals surface area contributed by atoms with E-state index in [0.29, 0.717) is 12.1 Å². The maximum atomic E-state index is 13.7. The summed E-state index contributed by atoms with van der Waals surface area (Å²) in [5, 5.41) is 5.06. The zero-order valence-corrected chi connectivity index (χ0v) is 10.1. The van der Waals surface area contributed by atoms with Crippen molar-refractivity contribution < 1.29 is 14.0 Å². The molecule has 0 bridgehead atoms. The van der Waals surface area contributed by atoms with Crippen molar-refractivity contribution in [2.75, 3.05) is 5.32 Å². The number of rotatable bonds is 3. The van der Waals surface area contributed by atoms with Gasteiger partial charge in [-0.3, -0.25) is 14.9 Å². The second kappa shape index (κ2) is 5.16. The van der Waals surface area contributed by atoms with Gasteiger partial charge in [0.15, 0.2) is 0 Å². The van der Waals surface area contributed by atoms with Crippen molar-refractivity contribution in [2.45, 2.75) is 32.2 Å². The van der Waals surface area contributed by atoms with Gasteiger partial charge in [-0.25, -0.2) is 4.39 Å². The van der Waals surface area contributed by atoms with Crippen LogP contribution in [0.3, 0.4) is 0 Å². The second-order valence-electron chi connectivity index (χ2n) is 4.32. The minimum absolute atomic E-state index is 0.276. The van der Waals surface area contributed by atoms with E-state index in [-0.39, 0.29) is 18.1 Å². The van der Waals surface area contributed by atoms with E-state index in [1.807, 2.05) is 13.0 Å². The first-order chi connectivity index (χ1) is 8.60. The lowest BCUT2D eigenvalue weighted by Crippen LogP contribution is -2.47. The van der Waals surface area contributed by atoms with Gasteiger partial charge in [0.1, 0.15) is 11.9 Å². The number of hydrogen-bond donors (Lipinski definition) is 2. The van der Waals surface area contributed by atoms with E-state index in [4.69, 9.17) is 0 Å². The van der Waals surface area contributed by atoms with Crippen LogP contribution in [0.4, 0.5) is 10.1 Å². The van der Waals surface area contributed by atoms with Gasteiger partial charge in [-0.15, -0.1) is 0 Å². The summed E-state index contributed by atoms with van der Waals surface area (Å²) in [4.78, 5) is 22.5. The highest BCUT2D eigenvalue weighted by Crippen LogP contribution is 2.19. The first kappa shape index (κ1) is 12.5. The highest BCUT2D eigenvalue weighted by Gasteiger charge is 2.26. The third-order valence-electron chi connectivity index (χ3n) is 3.01. The lowest BCUT2D eigenvalue weighted by molar-refractivity contribution is -0.133. The molecule has 1 heterocycles. The number of carbonyl (C=O) groups excluding carboxylic acids is 2. The highest BCUT2D eigenvalue weighted by atomic mass is 19.1. The molecule has 2 amide bonds. The number of carbonyl (C=O) groups is 2. The molecule has 0 aromatic heterocycles. The van der Waals surface area contributed by atoms with Crippen LogP contribution in [0.15, 0.2) is 18.2 Å². The fourth-order valence-electron chi connectivity index (χ4n) is 1.91. The van der Waals surface area contributed by atoms with Crippen LogP contribution in [0, 0.1) is 5.82 Å². The van der Waals surface area contributed by atoms with Crippen molar-refractivity contribution in [3.63, 3.8) is 0 Å². The number of nitrogens with one attached hydrogen (secondary N) is 2. The Kier molecular flexibility index (Phi) is 3.60. The van der Waals surface area contributed by atoms with E-state index in [2.05, 4.69) is 10.6 Å². The Morgan fingerprint density at radius 3 is 2.83 bits per heavy atom. The lowest BCUT2D eigenvalue weighted by atomic mass is 10.1. The van der Waals surface area contributed by atoms with Crippen LogP contribution in [-0.4, -0.2) is 17.9 Å². The molecule has 1 saturated heterocycles. The van der Waals surface area contributed by atoms with E-state index in [1.54, 1.807) is 6.07 Å². The predicted octanol–water partition coefficient (Wildman–Crippen LogP) is 1.61. The van der Waals surface area contributed by atoms with Crippen LogP contribution < -0.4 is 10.6 Å². The Morgan fingerprint density at radius 2 is 2.22 bits per heavy atom. The fraction of sp³-hybridized carbons (Fsp3) is 0.385. The number of anilines is 1. The smallest absolute Gasteiger partial charge is 0.249 e. The molecule has 96 valence electrons. The van der Waals surface area contributed by atoms with Crippen LogP contribution in [0.5, 0.6) is 0 Å². The summed E-state index contributed by atoms with van der Waals surface area (Å²) in [5.74, 6) is -1.05. The molecule has 1 atom stereocenters. The zero-order chi connectivity index (χ0) is 13.1. The third-order valence-corrected chi connectivity index (χ3v) is 3.01. The van der Waals surface area contributed by atoms with Crippen LogP contribution in [0.1, 0.15) is 25.3 Å². The molecule has 0 radical (unpaired) electrons. The number of halogens is 1. The molecule has 0 aliphatic carbocycles. The summed E-state index contributed by atoms with van der Waals surface area (Å²) in [6, 6.07) is 4.34. The number of hydrogen-bond acceptors (Lipinski definition) is 3. The Labute approximate surface area is 105 Å². The summed E-state index contributed by atoms with van der Waals surface area (Å²) >= 11 is 0. The van der Waals surface area contributed by atoms with Crippen LogP contribution in [0.2, 0.25) is 0 Å². The summed E-state index contributed by atoms with van der Waals surface area (Å²) in [6.07, 6.45) is 1.42. The third kappa shape index (κ3) is 2.67. The van der Waals surface area contributed by atoms with Gasteiger partial charge >= 0.3 is 0 Å². The average molecular weight is 250 g/mol. The molecule has 4 nitrogen and oxygen atoms in total. The van der Waals surface area contributed by atoms with Crippen LogP contribution in [-0.2, 0) is 16.0 Å². The summed E-state index contributed by atoms with van der Waals surface area (Å²) in [6.45, 7) is 1.95. The van der Waals surface area contributed by atoms with Gasteiger partial charge in [-0.1, -0.05) is 13.0 Å². The molecule has 0 unspecified atom stereocenters. The molecule has 1 aromatic rings. The Hall–Kier alpha value is -1.91. The molecule has 1 aliphatic heterocycles. The van der Waals surface area contributed by atoms with Crippen LogP contribution in [0.25, 0.3) is 0 Å². The van der Waals surface area contributed by atoms with E-state index >= 15 is 0 Å². The fourth-order valence-corrected chi connectivity index (χ4v) is 1.91. The average Bonchev–Trinajstić information content (AvgIpc) is 2.34. The minimum Gasteiger partial charge on any atom is -0.371 e. The van der Waals surface area contributed by atoms with Gasteiger partial charge in [0.2, 0.25) is 11.8 Å². The topological polar surface area (TPSA) is 58.2 Å². The van der Waals surface area contributed by atoms with Crippen molar-refractivity contribution in [3.05, 3.63) is 29.6 Å². The maximum absolute atomic E-state index is 13.7. The molecule has 5 heteroatoms. The second-order valence-corrected chi connectivity index (χ2v) is 4.32. The number of amides is 2. The van der Waals surface area contributed by atoms with Crippen molar-refractivity contribution in [2.24, 2.45) is 0 Å². The SMILES string of the molecule is CCc1ccc(N[C@H]2CCC(=O)NC2=O)c(F)c1. The molecule has 1 aliphatic rings. The molecule has 18 heavy (non-hydrogen) atoms. The number of piperidine rings is 1. The molecular formula is C13H15FN2O2.